The predicted octanol–water partition coefficient (Wildman–Crippen LogP) is 7.19. The number of nitriles is 1. The van der Waals surface area contributed by atoms with Gasteiger partial charge < -0.3 is 14.8 Å². The molecule has 8 nitrogen and oxygen atoms in total. The molecule has 2 heterocycles. The summed E-state index contributed by atoms with van der Waals surface area (Å²) in [5.41, 5.74) is 4.60. The molecule has 2 aromatic rings. The number of carbonyl (C=O) groups excluding carboxylic acids is 2. The fourth-order valence-corrected chi connectivity index (χ4v) is 7.27. The number of nitrogens with zero attached hydrogens (tertiary/aromatic N) is 3. The van der Waals surface area contributed by atoms with E-state index in [0.717, 1.165) is 67.7 Å². The van der Waals surface area contributed by atoms with Crippen molar-refractivity contribution in [1.82, 2.24) is 4.90 Å². The Morgan fingerprint density at radius 1 is 1.16 bits per heavy atom. The van der Waals surface area contributed by atoms with Crippen molar-refractivity contribution in [3.05, 3.63) is 63.3 Å². The topological polar surface area (TPSA) is 104 Å². The van der Waals surface area contributed by atoms with Crippen LogP contribution in [0.1, 0.15) is 76.3 Å². The number of likely N-dealkylation sites (tertiary alicyclic amines) is 1. The molecule has 0 radical (unpaired) electrons. The number of anilines is 1. The number of para-hydroxylation sites is 1. The molecule has 3 aliphatic rings. The van der Waals surface area contributed by atoms with E-state index >= 15 is 0 Å². The molecule has 3 atom stereocenters. The Morgan fingerprint density at radius 2 is 1.93 bits per heavy atom. The molecule has 1 N–H and O–H groups in total. The van der Waals surface area contributed by atoms with Crippen LogP contribution < -0.4 is 14.8 Å². The summed E-state index contributed by atoms with van der Waals surface area (Å²) in [6.45, 7) is 8.84. The van der Waals surface area contributed by atoms with E-state index in [1.165, 1.54) is 0 Å². The van der Waals surface area contributed by atoms with Crippen LogP contribution in [0.25, 0.3) is 0 Å². The molecular weight excluding hydrogens is 620 g/mol. The van der Waals surface area contributed by atoms with Crippen LogP contribution in [0.15, 0.2) is 57.1 Å². The van der Waals surface area contributed by atoms with Crippen molar-refractivity contribution in [1.29, 1.82) is 5.26 Å². The summed E-state index contributed by atoms with van der Waals surface area (Å²) >= 11 is 3.71. The minimum atomic E-state index is -0.551. The number of benzene rings is 2. The van der Waals surface area contributed by atoms with Crippen LogP contribution in [0.2, 0.25) is 0 Å². The zero-order valence-corrected chi connectivity index (χ0v) is 27.4. The molecule has 9 heteroatoms. The van der Waals surface area contributed by atoms with E-state index in [-0.39, 0.29) is 24.2 Å². The maximum Gasteiger partial charge on any atom is 0.238 e. The maximum atomic E-state index is 13.6. The fourth-order valence-electron chi connectivity index (χ4n) is 6.70. The number of ketones is 1. The summed E-state index contributed by atoms with van der Waals surface area (Å²) in [5.74, 6) is 0.406. The van der Waals surface area contributed by atoms with E-state index in [0.29, 0.717) is 46.8 Å². The maximum absolute atomic E-state index is 13.6. The van der Waals surface area contributed by atoms with Crippen LogP contribution in [-0.2, 0) is 16.2 Å². The summed E-state index contributed by atoms with van der Waals surface area (Å²) in [6.07, 6.45) is 5.52. The first kappa shape index (κ1) is 31.9. The molecule has 0 spiro atoms. The Bertz CT molecular complexity index is 1500. The Labute approximate surface area is 268 Å². The number of hydrogen-bond donors (Lipinski definition) is 1. The highest BCUT2D eigenvalue weighted by Gasteiger charge is 2.41. The number of aliphatic imine (C=N–C) groups is 1. The van der Waals surface area contributed by atoms with Crippen molar-refractivity contribution in [3.8, 4) is 17.6 Å². The number of amides is 1. The summed E-state index contributed by atoms with van der Waals surface area (Å²) < 4.78 is 13.1. The molecular formula is C35H41BrN4O4. The van der Waals surface area contributed by atoms with Gasteiger partial charge in [0.15, 0.2) is 17.3 Å². The third-order valence-electron chi connectivity index (χ3n) is 8.73. The lowest BCUT2D eigenvalue weighted by Crippen LogP contribution is -2.32. The van der Waals surface area contributed by atoms with E-state index in [9.17, 15) is 14.9 Å². The van der Waals surface area contributed by atoms with E-state index < -0.39 is 11.8 Å². The van der Waals surface area contributed by atoms with Crippen molar-refractivity contribution < 1.29 is 19.1 Å². The van der Waals surface area contributed by atoms with Crippen molar-refractivity contribution >= 4 is 39.0 Å². The highest BCUT2D eigenvalue weighted by molar-refractivity contribution is 9.10. The predicted molar refractivity (Wildman–Crippen MR) is 175 cm³/mol. The van der Waals surface area contributed by atoms with Crippen LogP contribution in [0, 0.1) is 23.2 Å². The quantitative estimate of drug-likeness (QED) is 0.274. The van der Waals surface area contributed by atoms with Gasteiger partial charge in [0.25, 0.3) is 0 Å². The van der Waals surface area contributed by atoms with Crippen LogP contribution in [0.5, 0.6) is 11.5 Å². The van der Waals surface area contributed by atoms with Gasteiger partial charge in [0.05, 0.1) is 29.6 Å². The van der Waals surface area contributed by atoms with E-state index in [4.69, 9.17) is 14.5 Å². The molecule has 1 saturated heterocycles. The third kappa shape index (κ3) is 7.08. The summed E-state index contributed by atoms with van der Waals surface area (Å²) in [7, 11) is 0. The van der Waals surface area contributed by atoms with Crippen molar-refractivity contribution in [2.45, 2.75) is 71.8 Å². The van der Waals surface area contributed by atoms with Gasteiger partial charge in [-0.15, -0.1) is 0 Å². The molecule has 1 aliphatic carbocycles. The number of hydrogen-bond acceptors (Lipinski definition) is 7. The monoisotopic (exact) mass is 660 g/mol. The Morgan fingerprint density at radius 3 is 2.66 bits per heavy atom. The fraction of sp³-hybridized carbons (Fsp3) is 0.486. The van der Waals surface area contributed by atoms with Gasteiger partial charge >= 0.3 is 0 Å². The van der Waals surface area contributed by atoms with E-state index in [2.05, 4.69) is 39.1 Å². The Balaban J connectivity index is 1.41. The second-order valence-corrected chi connectivity index (χ2v) is 12.8. The number of ether oxygens (including phenoxy) is 2. The smallest absolute Gasteiger partial charge is 0.238 e. The largest absolute Gasteiger partial charge is 0.490 e. The average Bonchev–Trinajstić information content (AvgIpc) is 3.50. The van der Waals surface area contributed by atoms with Gasteiger partial charge in [-0.3, -0.25) is 19.5 Å². The van der Waals surface area contributed by atoms with Crippen LogP contribution in [0.4, 0.5) is 5.69 Å². The zero-order chi connectivity index (χ0) is 31.2. The second kappa shape index (κ2) is 14.5. The Hall–Kier alpha value is -3.48. The number of halogens is 1. The van der Waals surface area contributed by atoms with Crippen LogP contribution in [-0.4, -0.2) is 48.5 Å². The zero-order valence-electron chi connectivity index (χ0n) is 25.8. The van der Waals surface area contributed by atoms with Gasteiger partial charge in [-0.05, 0) is 98.2 Å². The first-order valence-corrected chi connectivity index (χ1v) is 16.5. The van der Waals surface area contributed by atoms with Gasteiger partial charge in [0.1, 0.15) is 6.61 Å². The van der Waals surface area contributed by atoms with Gasteiger partial charge in [0.2, 0.25) is 5.91 Å². The van der Waals surface area contributed by atoms with Crippen LogP contribution >= 0.6 is 15.9 Å². The molecule has 1 amide bonds. The lowest BCUT2D eigenvalue weighted by atomic mass is 9.70. The summed E-state index contributed by atoms with van der Waals surface area (Å²) in [5, 5.41) is 13.3. The molecule has 5 rings (SSSR count). The summed E-state index contributed by atoms with van der Waals surface area (Å²) in [4.78, 5) is 33.3. The lowest BCUT2D eigenvalue weighted by molar-refractivity contribution is -0.118. The molecule has 0 aromatic heterocycles. The number of nitrogens with one attached hydrogen (secondary N) is 1. The molecule has 0 saturated carbocycles. The minimum Gasteiger partial charge on any atom is -0.490 e. The minimum absolute atomic E-state index is 0.0369. The third-order valence-corrected chi connectivity index (χ3v) is 9.32. The van der Waals surface area contributed by atoms with Crippen LogP contribution in [0.3, 0.4) is 0 Å². The molecule has 1 fully saturated rings. The number of carbonyl (C=O) groups is 2. The van der Waals surface area contributed by atoms with Gasteiger partial charge in [-0.1, -0.05) is 31.5 Å². The molecule has 0 bridgehead atoms. The lowest BCUT2D eigenvalue weighted by Gasteiger charge is -2.35. The van der Waals surface area contributed by atoms with Crippen molar-refractivity contribution in [2.24, 2.45) is 16.8 Å². The highest BCUT2D eigenvalue weighted by atomic mass is 79.9. The standard InChI is InChI=1S/C35H41BrN4O4/c1-4-10-23-15-29-34(30(41)16-23)33(26(19-37)22(3)38-29)25-17-27(36)35(31(18-25)43-5-2)44-21-24-11-6-7-12-28(24)39-32(42)20-40-13-8-9-14-40/h6-7,11-12,17-18,23,26,33H,4-5,8-10,13-16,20-21H2,1-3H3,(H,39,42). The van der Waals surface area contributed by atoms with E-state index in [1.807, 2.05) is 50.2 Å². The Kier molecular flexibility index (Phi) is 10.5. The summed E-state index contributed by atoms with van der Waals surface area (Å²) in [6, 6.07) is 13.9. The number of allylic oxidation sites excluding steroid dienone is 2. The molecule has 2 aliphatic heterocycles. The van der Waals surface area contributed by atoms with Gasteiger partial charge in [-0.25, -0.2) is 0 Å². The molecule has 2 aromatic carbocycles. The number of Topliss-reactive ketones (excluding diaryl/α,β-unsaturated/α-hetero) is 1. The molecule has 3 unspecified atom stereocenters. The van der Waals surface area contributed by atoms with E-state index in [1.54, 1.807) is 0 Å². The normalized spacial score (nSPS) is 21.8. The molecule has 232 valence electrons. The van der Waals surface area contributed by atoms with Gasteiger partial charge in [-0.2, -0.15) is 5.26 Å². The second-order valence-electron chi connectivity index (χ2n) is 11.9. The first-order chi connectivity index (χ1) is 21.3. The SMILES string of the molecule is CCCC1CC(=O)C2=C(C1)N=C(C)C(C#N)C2c1cc(Br)c(OCc2ccccc2NC(=O)CN2CCCC2)c(OCC)c1. The van der Waals surface area contributed by atoms with Crippen molar-refractivity contribution in [2.75, 3.05) is 31.6 Å². The average molecular weight is 662 g/mol. The molecule has 44 heavy (non-hydrogen) atoms. The first-order valence-electron chi connectivity index (χ1n) is 15.7. The highest BCUT2D eigenvalue weighted by Crippen LogP contribution is 2.48. The van der Waals surface area contributed by atoms with Crippen molar-refractivity contribution in [3.63, 3.8) is 0 Å². The van der Waals surface area contributed by atoms with Gasteiger partial charge in [0, 0.05) is 40.6 Å². The number of rotatable bonds is 11.